The predicted octanol–water partition coefficient (Wildman–Crippen LogP) is 1.45. The van der Waals surface area contributed by atoms with Crippen LogP contribution in [0.1, 0.15) is 16.1 Å². The molecule has 1 aromatic rings. The fourth-order valence-corrected chi connectivity index (χ4v) is 3.56. The maximum Gasteiger partial charge on any atom is 0.470 e. The standard InChI is InChI=1S/C9H8F3NO5S2/c10-9(11,12)13-20(15,16)5-2-4-19-7(5)8(14)18-6-1-3-17-6/h2,4,6,13H,1,3H2. The zero-order chi connectivity index (χ0) is 15.0. The summed E-state index contributed by atoms with van der Waals surface area (Å²) < 4.78 is 69.6. The van der Waals surface area contributed by atoms with Crippen molar-refractivity contribution in [2.75, 3.05) is 6.61 Å². The number of carbonyl (C=O) groups is 1. The van der Waals surface area contributed by atoms with Gasteiger partial charge in [0.1, 0.15) is 9.77 Å². The molecule has 1 N–H and O–H groups in total. The zero-order valence-corrected chi connectivity index (χ0v) is 11.3. The Kier molecular flexibility index (Phi) is 4.04. The summed E-state index contributed by atoms with van der Waals surface area (Å²) in [5, 5.41) is 1.18. The molecule has 11 heteroatoms. The van der Waals surface area contributed by atoms with Crippen LogP contribution in [-0.4, -0.2) is 33.6 Å². The first-order valence-corrected chi connectivity index (χ1v) is 7.56. The van der Waals surface area contributed by atoms with Gasteiger partial charge in [-0.05, 0) is 11.4 Å². The molecule has 1 atom stereocenters. The third-order valence-corrected chi connectivity index (χ3v) is 4.69. The number of rotatable bonds is 4. The minimum atomic E-state index is -5.13. The number of halogens is 3. The van der Waals surface area contributed by atoms with Gasteiger partial charge in [-0.15, -0.1) is 16.1 Å². The van der Waals surface area contributed by atoms with E-state index in [9.17, 15) is 26.4 Å². The van der Waals surface area contributed by atoms with Crippen molar-refractivity contribution in [3.8, 4) is 0 Å². The molecule has 0 aliphatic carbocycles. The fourth-order valence-electron chi connectivity index (χ4n) is 1.35. The van der Waals surface area contributed by atoms with Crippen molar-refractivity contribution in [3.05, 3.63) is 16.3 Å². The van der Waals surface area contributed by atoms with Gasteiger partial charge < -0.3 is 9.47 Å². The Balaban J connectivity index is 2.21. The highest BCUT2D eigenvalue weighted by Gasteiger charge is 2.37. The van der Waals surface area contributed by atoms with Crippen LogP contribution >= 0.6 is 11.3 Å². The molecule has 1 aliphatic heterocycles. The van der Waals surface area contributed by atoms with Gasteiger partial charge in [0.2, 0.25) is 16.3 Å². The second-order valence-electron chi connectivity index (χ2n) is 3.71. The lowest BCUT2D eigenvalue weighted by Gasteiger charge is -2.25. The molecule has 0 aromatic carbocycles. The van der Waals surface area contributed by atoms with Gasteiger partial charge in [0.05, 0.1) is 6.61 Å². The number of esters is 1. The van der Waals surface area contributed by atoms with Gasteiger partial charge >= 0.3 is 12.3 Å². The van der Waals surface area contributed by atoms with Crippen molar-refractivity contribution in [2.24, 2.45) is 0 Å². The number of thiophene rings is 1. The molecule has 0 radical (unpaired) electrons. The summed E-state index contributed by atoms with van der Waals surface area (Å²) >= 11 is 0.670. The number of sulfonamides is 1. The van der Waals surface area contributed by atoms with E-state index in [1.807, 2.05) is 0 Å². The van der Waals surface area contributed by atoms with Gasteiger partial charge in [0.25, 0.3) is 0 Å². The molecular formula is C9H8F3NO5S2. The summed E-state index contributed by atoms with van der Waals surface area (Å²) in [6.07, 6.45) is -5.45. The smallest absolute Gasteiger partial charge is 0.431 e. The number of ether oxygens (including phenoxy) is 2. The monoisotopic (exact) mass is 331 g/mol. The first-order chi connectivity index (χ1) is 9.19. The molecule has 1 fully saturated rings. The van der Waals surface area contributed by atoms with E-state index in [-0.39, 0.29) is 0 Å². The zero-order valence-electron chi connectivity index (χ0n) is 9.64. The van der Waals surface area contributed by atoms with Crippen LogP contribution in [0.4, 0.5) is 13.2 Å². The first kappa shape index (κ1) is 15.2. The molecule has 1 aliphatic rings. The third kappa shape index (κ3) is 3.48. The number of nitrogens with one attached hydrogen (secondary N) is 1. The Morgan fingerprint density at radius 1 is 1.50 bits per heavy atom. The molecule has 6 nitrogen and oxygen atoms in total. The molecule has 0 saturated carbocycles. The Bertz CT molecular complexity index is 605. The van der Waals surface area contributed by atoms with E-state index >= 15 is 0 Å². The van der Waals surface area contributed by atoms with Gasteiger partial charge in [-0.25, -0.2) is 13.2 Å². The number of hydrogen-bond acceptors (Lipinski definition) is 6. The molecule has 0 spiro atoms. The maximum absolute atomic E-state index is 12.1. The summed E-state index contributed by atoms with van der Waals surface area (Å²) in [6, 6.07) is 0.900. The number of alkyl halides is 3. The van der Waals surface area contributed by atoms with Gasteiger partial charge in [-0.2, -0.15) is 13.2 Å². The van der Waals surface area contributed by atoms with Gasteiger partial charge in [0, 0.05) is 6.42 Å². The van der Waals surface area contributed by atoms with Crippen LogP contribution in [0.25, 0.3) is 0 Å². The fraction of sp³-hybridized carbons (Fsp3) is 0.444. The number of carbonyl (C=O) groups excluding carboxylic acids is 1. The van der Waals surface area contributed by atoms with E-state index in [2.05, 4.69) is 0 Å². The van der Waals surface area contributed by atoms with Crippen LogP contribution < -0.4 is 4.72 Å². The minimum Gasteiger partial charge on any atom is -0.431 e. The van der Waals surface area contributed by atoms with Crippen LogP contribution in [0.2, 0.25) is 0 Å². The topological polar surface area (TPSA) is 81.7 Å². The molecule has 0 bridgehead atoms. The van der Waals surface area contributed by atoms with Crippen LogP contribution in [0.3, 0.4) is 0 Å². The normalized spacial score (nSPS) is 19.4. The largest absolute Gasteiger partial charge is 0.470 e. The summed E-state index contributed by atoms with van der Waals surface area (Å²) in [5.41, 5.74) is 0. The Morgan fingerprint density at radius 2 is 2.15 bits per heavy atom. The van der Waals surface area contributed by atoms with E-state index in [0.717, 1.165) is 6.07 Å². The second kappa shape index (κ2) is 5.31. The van der Waals surface area contributed by atoms with Crippen molar-refractivity contribution >= 4 is 27.3 Å². The molecule has 1 saturated heterocycles. The Hall–Kier alpha value is -1.17. The average Bonchev–Trinajstić information content (AvgIpc) is 2.68. The second-order valence-corrected chi connectivity index (χ2v) is 6.28. The van der Waals surface area contributed by atoms with Crippen molar-refractivity contribution in [1.29, 1.82) is 0 Å². The van der Waals surface area contributed by atoms with Crippen molar-refractivity contribution in [3.63, 3.8) is 0 Å². The van der Waals surface area contributed by atoms with Crippen LogP contribution in [0.15, 0.2) is 16.3 Å². The molecule has 112 valence electrons. The first-order valence-electron chi connectivity index (χ1n) is 5.20. The SMILES string of the molecule is O=C(OC1CCO1)c1sccc1S(=O)(=O)NC(F)(F)F. The average molecular weight is 331 g/mol. The summed E-state index contributed by atoms with van der Waals surface area (Å²) in [7, 11) is -4.88. The quantitative estimate of drug-likeness (QED) is 0.667. The molecule has 0 amide bonds. The Morgan fingerprint density at radius 3 is 2.65 bits per heavy atom. The van der Waals surface area contributed by atoms with Gasteiger partial charge in [-0.3, -0.25) is 0 Å². The number of hydrogen-bond donors (Lipinski definition) is 1. The molecule has 2 rings (SSSR count). The van der Waals surface area contributed by atoms with E-state index < -0.39 is 38.4 Å². The highest BCUT2D eigenvalue weighted by molar-refractivity contribution is 7.89. The van der Waals surface area contributed by atoms with E-state index in [4.69, 9.17) is 9.47 Å². The van der Waals surface area contributed by atoms with E-state index in [0.29, 0.717) is 29.1 Å². The van der Waals surface area contributed by atoms with Crippen LogP contribution in [0, 0.1) is 0 Å². The molecule has 1 unspecified atom stereocenters. The van der Waals surface area contributed by atoms with Gasteiger partial charge in [0.15, 0.2) is 0 Å². The summed E-state index contributed by atoms with van der Waals surface area (Å²) in [6.45, 7) is 0.406. The third-order valence-electron chi connectivity index (χ3n) is 2.25. The lowest BCUT2D eigenvalue weighted by molar-refractivity contribution is -0.184. The minimum absolute atomic E-state index is 0.406. The highest BCUT2D eigenvalue weighted by Crippen LogP contribution is 2.26. The summed E-state index contributed by atoms with van der Waals surface area (Å²) in [4.78, 5) is 10.5. The van der Waals surface area contributed by atoms with Crippen molar-refractivity contribution in [2.45, 2.75) is 23.9 Å². The molecule has 2 heterocycles. The molecular weight excluding hydrogens is 323 g/mol. The predicted molar refractivity (Wildman–Crippen MR) is 60.5 cm³/mol. The van der Waals surface area contributed by atoms with Crippen LogP contribution in [-0.2, 0) is 19.5 Å². The van der Waals surface area contributed by atoms with Crippen LogP contribution in [0.5, 0.6) is 0 Å². The maximum atomic E-state index is 12.1. The van der Waals surface area contributed by atoms with Gasteiger partial charge in [-0.1, -0.05) is 0 Å². The Labute approximate surface area is 115 Å². The van der Waals surface area contributed by atoms with Crippen molar-refractivity contribution in [1.82, 2.24) is 4.72 Å². The van der Waals surface area contributed by atoms with E-state index in [1.54, 1.807) is 0 Å². The molecule has 1 aromatic heterocycles. The lowest BCUT2D eigenvalue weighted by Crippen LogP contribution is -2.38. The molecule has 20 heavy (non-hydrogen) atoms. The highest BCUT2D eigenvalue weighted by atomic mass is 32.2. The summed E-state index contributed by atoms with van der Waals surface area (Å²) in [5.74, 6) is -1.03. The lowest BCUT2D eigenvalue weighted by atomic mass is 10.3. The van der Waals surface area contributed by atoms with E-state index in [1.165, 1.54) is 5.38 Å². The van der Waals surface area contributed by atoms with Crippen molar-refractivity contribution < 1.29 is 35.9 Å².